The molecule has 1 amide bonds. The number of hydrogen-bond acceptors (Lipinski definition) is 4. The maximum absolute atomic E-state index is 13.2. The minimum absolute atomic E-state index is 0.216. The van der Waals surface area contributed by atoms with Crippen molar-refractivity contribution in [2.75, 3.05) is 26.3 Å². The van der Waals surface area contributed by atoms with Gasteiger partial charge in [-0.2, -0.15) is 0 Å². The highest BCUT2D eigenvalue weighted by Crippen LogP contribution is 2.21. The SMILES string of the molecule is O=C(c1cc(F)ccc1[N+](=O)[O-])N1CCCOCC1. The average molecular weight is 268 g/mol. The second kappa shape index (κ2) is 5.75. The normalized spacial score (nSPS) is 15.9. The number of rotatable bonds is 2. The molecule has 0 spiro atoms. The Bertz CT molecular complexity index is 499. The largest absolute Gasteiger partial charge is 0.380 e. The van der Waals surface area contributed by atoms with Crippen molar-refractivity contribution in [3.8, 4) is 0 Å². The van der Waals surface area contributed by atoms with Crippen LogP contribution in [0.15, 0.2) is 18.2 Å². The van der Waals surface area contributed by atoms with Crippen molar-refractivity contribution < 1.29 is 18.8 Å². The van der Waals surface area contributed by atoms with E-state index in [1.165, 1.54) is 4.90 Å². The Labute approximate surface area is 108 Å². The molecule has 1 aliphatic rings. The van der Waals surface area contributed by atoms with E-state index in [9.17, 15) is 19.3 Å². The monoisotopic (exact) mass is 268 g/mol. The van der Waals surface area contributed by atoms with E-state index in [1.807, 2.05) is 0 Å². The van der Waals surface area contributed by atoms with Crippen LogP contribution in [0.5, 0.6) is 0 Å². The Morgan fingerprint density at radius 3 is 2.89 bits per heavy atom. The zero-order valence-corrected chi connectivity index (χ0v) is 10.2. The summed E-state index contributed by atoms with van der Waals surface area (Å²) in [6.45, 7) is 1.74. The third kappa shape index (κ3) is 3.05. The van der Waals surface area contributed by atoms with Crippen molar-refractivity contribution in [2.45, 2.75) is 6.42 Å². The standard InChI is InChI=1S/C12H13FN2O4/c13-9-2-3-11(15(17)18)10(8-9)12(16)14-4-1-6-19-7-5-14/h2-3,8H,1,4-7H2. The van der Waals surface area contributed by atoms with Gasteiger partial charge in [-0.05, 0) is 18.6 Å². The number of nitro benzene ring substituents is 1. The minimum Gasteiger partial charge on any atom is -0.380 e. The molecule has 0 aromatic heterocycles. The van der Waals surface area contributed by atoms with Gasteiger partial charge in [0.2, 0.25) is 0 Å². The lowest BCUT2D eigenvalue weighted by Crippen LogP contribution is -2.33. The van der Waals surface area contributed by atoms with Crippen molar-refractivity contribution >= 4 is 11.6 Å². The van der Waals surface area contributed by atoms with E-state index in [4.69, 9.17) is 4.74 Å². The maximum Gasteiger partial charge on any atom is 0.282 e. The molecule has 1 saturated heterocycles. The molecule has 1 aromatic rings. The van der Waals surface area contributed by atoms with Crippen LogP contribution in [0.3, 0.4) is 0 Å². The molecule has 0 unspecified atom stereocenters. The molecule has 0 aliphatic carbocycles. The van der Waals surface area contributed by atoms with Crippen LogP contribution >= 0.6 is 0 Å². The number of ether oxygens (including phenoxy) is 1. The van der Waals surface area contributed by atoms with E-state index in [0.29, 0.717) is 32.7 Å². The van der Waals surface area contributed by atoms with E-state index in [0.717, 1.165) is 18.2 Å². The third-order valence-corrected chi connectivity index (χ3v) is 2.90. The predicted octanol–water partition coefficient (Wildman–Crippen LogP) is 1.60. The molecule has 0 saturated carbocycles. The maximum atomic E-state index is 13.2. The third-order valence-electron chi connectivity index (χ3n) is 2.90. The number of carbonyl (C=O) groups excluding carboxylic acids is 1. The van der Waals surface area contributed by atoms with Crippen LogP contribution < -0.4 is 0 Å². The fourth-order valence-electron chi connectivity index (χ4n) is 1.96. The van der Waals surface area contributed by atoms with Gasteiger partial charge in [0.15, 0.2) is 0 Å². The smallest absolute Gasteiger partial charge is 0.282 e. The van der Waals surface area contributed by atoms with Crippen LogP contribution in [0.4, 0.5) is 10.1 Å². The molecule has 1 fully saturated rings. The summed E-state index contributed by atoms with van der Waals surface area (Å²) in [6, 6.07) is 2.89. The predicted molar refractivity (Wildman–Crippen MR) is 64.4 cm³/mol. The Balaban J connectivity index is 2.31. The number of nitro groups is 1. The number of halogens is 1. The first-order valence-corrected chi connectivity index (χ1v) is 5.90. The summed E-state index contributed by atoms with van der Waals surface area (Å²) in [7, 11) is 0. The fraction of sp³-hybridized carbons (Fsp3) is 0.417. The van der Waals surface area contributed by atoms with E-state index in [2.05, 4.69) is 0 Å². The highest BCUT2D eigenvalue weighted by atomic mass is 19.1. The number of carbonyl (C=O) groups is 1. The summed E-state index contributed by atoms with van der Waals surface area (Å²) in [5, 5.41) is 10.9. The van der Waals surface area contributed by atoms with Crippen LogP contribution in [0.1, 0.15) is 16.8 Å². The number of nitrogens with zero attached hydrogens (tertiary/aromatic N) is 2. The molecule has 1 aromatic carbocycles. The van der Waals surface area contributed by atoms with Gasteiger partial charge >= 0.3 is 0 Å². The van der Waals surface area contributed by atoms with Crippen LogP contribution in [-0.2, 0) is 4.74 Å². The number of benzene rings is 1. The molecule has 0 N–H and O–H groups in total. The summed E-state index contributed by atoms with van der Waals surface area (Å²) >= 11 is 0. The van der Waals surface area contributed by atoms with Gasteiger partial charge < -0.3 is 9.64 Å². The summed E-state index contributed by atoms with van der Waals surface area (Å²) in [4.78, 5) is 23.9. The molecule has 0 radical (unpaired) electrons. The lowest BCUT2D eigenvalue weighted by atomic mass is 10.1. The van der Waals surface area contributed by atoms with Crippen molar-refractivity contribution in [3.05, 3.63) is 39.7 Å². The van der Waals surface area contributed by atoms with Gasteiger partial charge in [-0.25, -0.2) is 4.39 Å². The van der Waals surface area contributed by atoms with Crippen LogP contribution in [0, 0.1) is 15.9 Å². The van der Waals surface area contributed by atoms with Crippen LogP contribution in [0.25, 0.3) is 0 Å². The second-order valence-corrected chi connectivity index (χ2v) is 4.18. The van der Waals surface area contributed by atoms with Gasteiger partial charge in [-0.15, -0.1) is 0 Å². The molecule has 1 aliphatic heterocycles. The fourth-order valence-corrected chi connectivity index (χ4v) is 1.96. The van der Waals surface area contributed by atoms with Gasteiger partial charge in [0, 0.05) is 25.8 Å². The van der Waals surface area contributed by atoms with Crippen molar-refractivity contribution in [2.24, 2.45) is 0 Å². The van der Waals surface area contributed by atoms with Crippen molar-refractivity contribution in [1.82, 2.24) is 4.90 Å². The first-order chi connectivity index (χ1) is 9.09. The Morgan fingerprint density at radius 2 is 2.16 bits per heavy atom. The second-order valence-electron chi connectivity index (χ2n) is 4.18. The topological polar surface area (TPSA) is 72.7 Å². The summed E-state index contributed by atoms with van der Waals surface area (Å²) < 4.78 is 18.4. The summed E-state index contributed by atoms with van der Waals surface area (Å²) in [5.41, 5.74) is -0.594. The van der Waals surface area contributed by atoms with Gasteiger partial charge in [0.25, 0.3) is 11.6 Å². The Morgan fingerprint density at radius 1 is 1.37 bits per heavy atom. The molecule has 6 nitrogen and oxygen atoms in total. The highest BCUT2D eigenvalue weighted by molar-refractivity contribution is 5.98. The number of hydrogen-bond donors (Lipinski definition) is 0. The van der Waals surface area contributed by atoms with E-state index < -0.39 is 16.6 Å². The lowest BCUT2D eigenvalue weighted by molar-refractivity contribution is -0.385. The molecule has 19 heavy (non-hydrogen) atoms. The van der Waals surface area contributed by atoms with E-state index >= 15 is 0 Å². The molecule has 2 rings (SSSR count). The molecular weight excluding hydrogens is 255 g/mol. The van der Waals surface area contributed by atoms with Gasteiger partial charge in [-0.3, -0.25) is 14.9 Å². The Kier molecular flexibility index (Phi) is 4.06. The summed E-state index contributed by atoms with van der Waals surface area (Å²) in [5.74, 6) is -1.20. The number of amides is 1. The molecule has 1 heterocycles. The van der Waals surface area contributed by atoms with Crippen molar-refractivity contribution in [1.29, 1.82) is 0 Å². The zero-order valence-electron chi connectivity index (χ0n) is 10.2. The Hall–Kier alpha value is -2.02. The van der Waals surface area contributed by atoms with Gasteiger partial charge in [-0.1, -0.05) is 0 Å². The zero-order chi connectivity index (χ0) is 13.8. The lowest BCUT2D eigenvalue weighted by Gasteiger charge is -2.19. The van der Waals surface area contributed by atoms with Crippen molar-refractivity contribution in [3.63, 3.8) is 0 Å². The van der Waals surface area contributed by atoms with Gasteiger partial charge in [0.1, 0.15) is 11.4 Å². The van der Waals surface area contributed by atoms with Gasteiger partial charge in [0.05, 0.1) is 11.5 Å². The minimum atomic E-state index is -0.680. The quantitative estimate of drug-likeness (QED) is 0.603. The molecular formula is C12H13FN2O4. The van der Waals surface area contributed by atoms with E-state index in [1.54, 1.807) is 0 Å². The summed E-state index contributed by atoms with van der Waals surface area (Å²) in [6.07, 6.45) is 0.662. The first kappa shape index (κ1) is 13.4. The average Bonchev–Trinajstić information content (AvgIpc) is 2.66. The van der Waals surface area contributed by atoms with Crippen LogP contribution in [-0.4, -0.2) is 42.0 Å². The molecule has 0 bridgehead atoms. The molecule has 7 heteroatoms. The van der Waals surface area contributed by atoms with E-state index in [-0.39, 0.29) is 11.3 Å². The van der Waals surface area contributed by atoms with Crippen LogP contribution in [0.2, 0.25) is 0 Å². The molecule has 102 valence electrons. The highest BCUT2D eigenvalue weighted by Gasteiger charge is 2.25. The molecule has 0 atom stereocenters. The first-order valence-electron chi connectivity index (χ1n) is 5.90.